The van der Waals surface area contributed by atoms with Gasteiger partial charge in [0, 0.05) is 17.5 Å². The minimum atomic E-state index is -0.670. The fourth-order valence-electron chi connectivity index (χ4n) is 3.24. The summed E-state index contributed by atoms with van der Waals surface area (Å²) < 4.78 is 0. The molecule has 116 valence electrons. The molecule has 3 amide bonds. The zero-order valence-electron chi connectivity index (χ0n) is 12.9. The van der Waals surface area contributed by atoms with Gasteiger partial charge < -0.3 is 5.32 Å². The molecule has 2 aliphatic heterocycles. The lowest BCUT2D eigenvalue weighted by Gasteiger charge is -2.36. The van der Waals surface area contributed by atoms with Gasteiger partial charge in [0.15, 0.2) is 0 Å². The van der Waals surface area contributed by atoms with Crippen LogP contribution in [0.5, 0.6) is 0 Å². The number of carbonyl (C=O) groups excluding carboxylic acids is 3. The summed E-state index contributed by atoms with van der Waals surface area (Å²) in [5, 5.41) is 2.73. The summed E-state index contributed by atoms with van der Waals surface area (Å²) in [5.41, 5.74) is 1.09. The SMILES string of the molecule is CC1(C)C=CC=C2C(=O)N(C3CCCNC3=O)C(=O)CC2=C1. The zero-order chi connectivity index (χ0) is 15.9. The number of fused-ring (bicyclic) bond motifs is 1. The molecule has 3 rings (SSSR count). The summed E-state index contributed by atoms with van der Waals surface area (Å²) in [7, 11) is 0. The Hall–Kier alpha value is -2.17. The highest BCUT2D eigenvalue weighted by molar-refractivity contribution is 6.14. The van der Waals surface area contributed by atoms with Gasteiger partial charge in [-0.05, 0) is 24.5 Å². The lowest BCUT2D eigenvalue weighted by atomic mass is 9.86. The zero-order valence-corrected chi connectivity index (χ0v) is 12.9. The molecule has 0 saturated carbocycles. The van der Waals surface area contributed by atoms with Gasteiger partial charge in [0.25, 0.3) is 5.91 Å². The van der Waals surface area contributed by atoms with Crippen molar-refractivity contribution >= 4 is 17.7 Å². The van der Waals surface area contributed by atoms with Crippen LogP contribution in [0.3, 0.4) is 0 Å². The van der Waals surface area contributed by atoms with Gasteiger partial charge in [-0.2, -0.15) is 0 Å². The fraction of sp³-hybridized carbons (Fsp3) is 0.471. The third-order valence-corrected chi connectivity index (χ3v) is 4.31. The van der Waals surface area contributed by atoms with Crippen LogP contribution >= 0.6 is 0 Å². The van der Waals surface area contributed by atoms with E-state index in [0.717, 1.165) is 16.9 Å². The second kappa shape index (κ2) is 5.23. The molecule has 0 aromatic rings. The third-order valence-electron chi connectivity index (χ3n) is 4.31. The van der Waals surface area contributed by atoms with E-state index in [0.29, 0.717) is 18.5 Å². The molecule has 1 atom stereocenters. The van der Waals surface area contributed by atoms with E-state index >= 15 is 0 Å². The number of carbonyl (C=O) groups is 3. The van der Waals surface area contributed by atoms with Crippen LogP contribution in [-0.2, 0) is 14.4 Å². The maximum Gasteiger partial charge on any atom is 0.261 e. The van der Waals surface area contributed by atoms with Crippen molar-refractivity contribution in [1.82, 2.24) is 10.2 Å². The molecule has 3 aliphatic rings. The Balaban J connectivity index is 1.96. The second-order valence-electron chi connectivity index (χ2n) is 6.63. The summed E-state index contributed by atoms with van der Waals surface area (Å²) in [5.74, 6) is -0.870. The van der Waals surface area contributed by atoms with Crippen molar-refractivity contribution < 1.29 is 14.4 Å². The summed E-state index contributed by atoms with van der Waals surface area (Å²) in [6.45, 7) is 4.67. The Bertz CT molecular complexity index is 640. The molecule has 5 nitrogen and oxygen atoms in total. The number of amides is 3. The summed E-state index contributed by atoms with van der Waals surface area (Å²) in [6, 6.07) is -0.670. The highest BCUT2D eigenvalue weighted by atomic mass is 16.2. The van der Waals surface area contributed by atoms with Crippen molar-refractivity contribution in [3.8, 4) is 0 Å². The average molecular weight is 300 g/mol. The van der Waals surface area contributed by atoms with Crippen LogP contribution in [0.2, 0.25) is 0 Å². The molecule has 5 heteroatoms. The standard InChI is InChI=1S/C17H20N2O3/c1-17(2)7-3-5-12-11(10-17)9-14(20)19(16(12)22)13-6-4-8-18-15(13)21/h3,5,7,10,13H,4,6,8-9H2,1-2H3,(H,18,21). The number of nitrogens with one attached hydrogen (secondary N) is 1. The Morgan fingerprint density at radius 1 is 1.27 bits per heavy atom. The molecule has 1 aliphatic carbocycles. The van der Waals surface area contributed by atoms with E-state index < -0.39 is 6.04 Å². The molecule has 2 saturated heterocycles. The number of hydrogen-bond acceptors (Lipinski definition) is 3. The fourth-order valence-corrected chi connectivity index (χ4v) is 3.24. The molecule has 0 bridgehead atoms. The first-order valence-electron chi connectivity index (χ1n) is 7.65. The summed E-state index contributed by atoms with van der Waals surface area (Å²) in [6.07, 6.45) is 9.07. The molecule has 0 radical (unpaired) electrons. The molecule has 2 fully saturated rings. The third kappa shape index (κ3) is 2.51. The van der Waals surface area contributed by atoms with E-state index in [9.17, 15) is 14.4 Å². The lowest BCUT2D eigenvalue weighted by molar-refractivity contribution is -0.151. The van der Waals surface area contributed by atoms with Gasteiger partial charge in [-0.15, -0.1) is 0 Å². The van der Waals surface area contributed by atoms with Gasteiger partial charge in [-0.3, -0.25) is 19.3 Å². The lowest BCUT2D eigenvalue weighted by Crippen LogP contribution is -2.56. The van der Waals surface area contributed by atoms with Crippen LogP contribution in [0.25, 0.3) is 0 Å². The van der Waals surface area contributed by atoms with Gasteiger partial charge in [-0.25, -0.2) is 0 Å². The highest BCUT2D eigenvalue weighted by Crippen LogP contribution is 2.34. The summed E-state index contributed by atoms with van der Waals surface area (Å²) in [4.78, 5) is 38.4. The molecule has 0 spiro atoms. The van der Waals surface area contributed by atoms with Crippen LogP contribution in [0.4, 0.5) is 0 Å². The van der Waals surface area contributed by atoms with Crippen LogP contribution in [0.15, 0.2) is 35.5 Å². The van der Waals surface area contributed by atoms with Crippen LogP contribution in [-0.4, -0.2) is 35.2 Å². The topological polar surface area (TPSA) is 66.5 Å². The van der Waals surface area contributed by atoms with Crippen molar-refractivity contribution in [3.63, 3.8) is 0 Å². The van der Waals surface area contributed by atoms with E-state index in [-0.39, 0.29) is 29.6 Å². The predicted octanol–water partition coefficient (Wildman–Crippen LogP) is 1.47. The first-order valence-corrected chi connectivity index (χ1v) is 7.65. The molecular formula is C17H20N2O3. The normalized spacial score (nSPS) is 27.6. The van der Waals surface area contributed by atoms with E-state index in [1.165, 1.54) is 0 Å². The Morgan fingerprint density at radius 3 is 2.77 bits per heavy atom. The van der Waals surface area contributed by atoms with Crippen molar-refractivity contribution in [2.75, 3.05) is 6.54 Å². The Labute approximate surface area is 129 Å². The molecular weight excluding hydrogens is 280 g/mol. The van der Waals surface area contributed by atoms with E-state index in [1.54, 1.807) is 6.08 Å². The van der Waals surface area contributed by atoms with Gasteiger partial charge in [-0.1, -0.05) is 32.1 Å². The van der Waals surface area contributed by atoms with Crippen molar-refractivity contribution in [3.05, 3.63) is 35.5 Å². The van der Waals surface area contributed by atoms with Gasteiger partial charge in [0.1, 0.15) is 6.04 Å². The van der Waals surface area contributed by atoms with E-state index in [1.807, 2.05) is 32.1 Å². The van der Waals surface area contributed by atoms with E-state index in [4.69, 9.17) is 0 Å². The Morgan fingerprint density at radius 2 is 2.05 bits per heavy atom. The molecule has 0 aromatic heterocycles. The number of imide groups is 1. The van der Waals surface area contributed by atoms with Gasteiger partial charge in [0.05, 0.1) is 6.42 Å². The Kier molecular flexibility index (Phi) is 3.51. The number of nitrogens with zero attached hydrogens (tertiary/aromatic N) is 1. The van der Waals surface area contributed by atoms with Crippen LogP contribution in [0, 0.1) is 5.41 Å². The molecule has 0 aromatic carbocycles. The van der Waals surface area contributed by atoms with Crippen LogP contribution in [0.1, 0.15) is 33.1 Å². The van der Waals surface area contributed by atoms with Crippen molar-refractivity contribution in [2.45, 2.75) is 39.2 Å². The van der Waals surface area contributed by atoms with Crippen molar-refractivity contribution in [1.29, 1.82) is 0 Å². The van der Waals surface area contributed by atoms with Crippen LogP contribution < -0.4 is 5.32 Å². The first-order chi connectivity index (χ1) is 10.4. The first kappa shape index (κ1) is 14.8. The monoisotopic (exact) mass is 300 g/mol. The molecule has 2 heterocycles. The minimum absolute atomic E-state index is 0.173. The number of rotatable bonds is 1. The maximum atomic E-state index is 12.8. The average Bonchev–Trinajstić information content (AvgIpc) is 2.58. The molecule has 22 heavy (non-hydrogen) atoms. The summed E-state index contributed by atoms with van der Waals surface area (Å²) >= 11 is 0. The minimum Gasteiger partial charge on any atom is -0.354 e. The molecule has 1 N–H and O–H groups in total. The van der Waals surface area contributed by atoms with Gasteiger partial charge >= 0.3 is 0 Å². The van der Waals surface area contributed by atoms with Gasteiger partial charge in [0.2, 0.25) is 11.8 Å². The quantitative estimate of drug-likeness (QED) is 0.746. The second-order valence-corrected chi connectivity index (χ2v) is 6.63. The largest absolute Gasteiger partial charge is 0.354 e. The number of piperidine rings is 2. The number of likely N-dealkylation sites (tertiary alicyclic amines) is 1. The van der Waals surface area contributed by atoms with E-state index in [2.05, 4.69) is 5.32 Å². The smallest absolute Gasteiger partial charge is 0.261 e. The predicted molar refractivity (Wildman–Crippen MR) is 81.6 cm³/mol. The highest BCUT2D eigenvalue weighted by Gasteiger charge is 2.42. The van der Waals surface area contributed by atoms with Crippen molar-refractivity contribution in [2.24, 2.45) is 5.41 Å². The molecule has 1 unspecified atom stereocenters. The number of allylic oxidation sites excluding steroid dienone is 4. The number of hydrogen-bond donors (Lipinski definition) is 1. The maximum absolute atomic E-state index is 12.8.